The summed E-state index contributed by atoms with van der Waals surface area (Å²) in [6, 6.07) is 0. The van der Waals surface area contributed by atoms with Crippen LogP contribution >= 0.6 is 12.6 Å². The van der Waals surface area contributed by atoms with Gasteiger partial charge in [0.25, 0.3) is 0 Å². The standard InChI is InChI=1S/C18H33N3O2S/c1-8-16(20(9-2)10-3)19(7)14-11-12-21(13-15(14)24)17(22)23-18(4,5)6/h9,16,24H,2,8,10-13H2,1,3-7H3. The monoisotopic (exact) mass is 355 g/mol. The van der Waals surface area contributed by atoms with Crippen LogP contribution in [-0.4, -0.2) is 59.2 Å². The molecular weight excluding hydrogens is 322 g/mol. The minimum absolute atomic E-state index is 0.248. The third-order valence-corrected chi connectivity index (χ3v) is 4.56. The number of nitrogens with zero attached hydrogens (tertiary/aromatic N) is 3. The van der Waals surface area contributed by atoms with Gasteiger partial charge < -0.3 is 19.4 Å². The molecule has 1 atom stereocenters. The van der Waals surface area contributed by atoms with Crippen molar-refractivity contribution in [2.45, 2.75) is 59.2 Å². The van der Waals surface area contributed by atoms with E-state index in [-0.39, 0.29) is 12.3 Å². The number of thiol groups is 1. The highest BCUT2D eigenvalue weighted by Gasteiger charge is 2.29. The highest BCUT2D eigenvalue weighted by Crippen LogP contribution is 2.27. The summed E-state index contributed by atoms with van der Waals surface area (Å²) in [5, 5.41) is 0. The van der Waals surface area contributed by atoms with Crippen molar-refractivity contribution in [3.05, 3.63) is 23.4 Å². The van der Waals surface area contributed by atoms with Crippen molar-refractivity contribution < 1.29 is 9.53 Å². The molecule has 24 heavy (non-hydrogen) atoms. The molecule has 1 rings (SSSR count). The van der Waals surface area contributed by atoms with Crippen molar-refractivity contribution in [1.82, 2.24) is 14.7 Å². The van der Waals surface area contributed by atoms with E-state index in [4.69, 9.17) is 4.74 Å². The molecule has 0 bridgehead atoms. The fourth-order valence-electron chi connectivity index (χ4n) is 2.97. The van der Waals surface area contributed by atoms with E-state index >= 15 is 0 Å². The van der Waals surface area contributed by atoms with E-state index in [1.165, 1.54) is 5.70 Å². The molecule has 0 spiro atoms. The fourth-order valence-corrected chi connectivity index (χ4v) is 3.41. The van der Waals surface area contributed by atoms with E-state index in [9.17, 15) is 4.79 Å². The number of ether oxygens (including phenoxy) is 1. The molecule has 1 aliphatic heterocycles. The maximum atomic E-state index is 12.2. The number of rotatable bonds is 6. The van der Waals surface area contributed by atoms with Crippen LogP contribution in [0.5, 0.6) is 0 Å². The molecule has 6 heteroatoms. The molecule has 0 aliphatic carbocycles. The Morgan fingerprint density at radius 3 is 2.50 bits per heavy atom. The van der Waals surface area contributed by atoms with Gasteiger partial charge in [-0.1, -0.05) is 13.5 Å². The molecule has 0 fully saturated rings. The van der Waals surface area contributed by atoms with Crippen molar-refractivity contribution in [1.29, 1.82) is 0 Å². The first-order valence-corrected chi connectivity index (χ1v) is 9.09. The van der Waals surface area contributed by atoms with Crippen LogP contribution in [0.4, 0.5) is 4.79 Å². The lowest BCUT2D eigenvalue weighted by Crippen LogP contribution is -2.46. The van der Waals surface area contributed by atoms with E-state index in [2.05, 4.69) is 49.9 Å². The molecule has 1 heterocycles. The zero-order valence-corrected chi connectivity index (χ0v) is 16.9. The minimum atomic E-state index is -0.479. The molecular formula is C18H33N3O2S. The Morgan fingerprint density at radius 1 is 1.46 bits per heavy atom. The highest BCUT2D eigenvalue weighted by molar-refractivity contribution is 7.84. The Labute approximate surface area is 152 Å². The molecule has 1 aliphatic rings. The summed E-state index contributed by atoms with van der Waals surface area (Å²) in [5.41, 5.74) is 0.707. The maximum absolute atomic E-state index is 12.2. The molecule has 0 N–H and O–H groups in total. The van der Waals surface area contributed by atoms with Gasteiger partial charge in [-0.25, -0.2) is 4.79 Å². The molecule has 0 aromatic rings. The zero-order chi connectivity index (χ0) is 18.5. The lowest BCUT2D eigenvalue weighted by molar-refractivity contribution is 0.0250. The molecule has 5 nitrogen and oxygen atoms in total. The van der Waals surface area contributed by atoms with Gasteiger partial charge in [0.15, 0.2) is 0 Å². The van der Waals surface area contributed by atoms with Gasteiger partial charge in [-0.2, -0.15) is 0 Å². The van der Waals surface area contributed by atoms with Crippen molar-refractivity contribution in [2.24, 2.45) is 0 Å². The summed E-state index contributed by atoms with van der Waals surface area (Å²) < 4.78 is 5.46. The highest BCUT2D eigenvalue weighted by atomic mass is 32.1. The molecule has 1 amide bonds. The lowest BCUT2D eigenvalue weighted by atomic mass is 10.1. The topological polar surface area (TPSA) is 36.0 Å². The van der Waals surface area contributed by atoms with Gasteiger partial charge in [0, 0.05) is 37.2 Å². The van der Waals surface area contributed by atoms with E-state index in [1.807, 2.05) is 27.0 Å². The SMILES string of the molecule is C=CN(CC)C(CC)N(C)C1=C(S)CN(C(=O)OC(C)(C)C)CC1. The van der Waals surface area contributed by atoms with Crippen LogP contribution in [0.15, 0.2) is 23.4 Å². The zero-order valence-electron chi connectivity index (χ0n) is 16.0. The van der Waals surface area contributed by atoms with E-state index in [1.54, 1.807) is 4.90 Å². The minimum Gasteiger partial charge on any atom is -0.444 e. The van der Waals surface area contributed by atoms with Gasteiger partial charge in [0.1, 0.15) is 11.8 Å². The Balaban J connectivity index is 2.85. The predicted molar refractivity (Wildman–Crippen MR) is 103 cm³/mol. The molecule has 0 saturated heterocycles. The summed E-state index contributed by atoms with van der Waals surface area (Å²) in [6.45, 7) is 15.9. The van der Waals surface area contributed by atoms with Crippen LogP contribution in [0.25, 0.3) is 0 Å². The van der Waals surface area contributed by atoms with E-state index in [0.717, 1.165) is 24.3 Å². The van der Waals surface area contributed by atoms with E-state index < -0.39 is 5.60 Å². The molecule has 138 valence electrons. The Kier molecular flexibility index (Phi) is 7.52. The van der Waals surface area contributed by atoms with Crippen LogP contribution in [0.2, 0.25) is 0 Å². The fraction of sp³-hybridized carbons (Fsp3) is 0.722. The molecule has 0 aromatic carbocycles. The summed E-state index contributed by atoms with van der Waals surface area (Å²) in [5.74, 6) is 0. The largest absolute Gasteiger partial charge is 0.444 e. The van der Waals surface area contributed by atoms with Gasteiger partial charge in [0.2, 0.25) is 0 Å². The smallest absolute Gasteiger partial charge is 0.410 e. The lowest BCUT2D eigenvalue weighted by Gasteiger charge is -2.41. The van der Waals surface area contributed by atoms with Crippen LogP contribution in [0.3, 0.4) is 0 Å². The number of hydrogen-bond acceptors (Lipinski definition) is 5. The maximum Gasteiger partial charge on any atom is 0.410 e. The van der Waals surface area contributed by atoms with Crippen LogP contribution in [0, 0.1) is 0 Å². The Morgan fingerprint density at radius 2 is 2.08 bits per heavy atom. The van der Waals surface area contributed by atoms with Gasteiger partial charge in [-0.05, 0) is 40.3 Å². The summed E-state index contributed by atoms with van der Waals surface area (Å²) in [4.78, 5) is 19.4. The van der Waals surface area contributed by atoms with Gasteiger partial charge in [0.05, 0.1) is 6.54 Å². The van der Waals surface area contributed by atoms with Crippen molar-refractivity contribution >= 4 is 18.7 Å². The van der Waals surface area contributed by atoms with Crippen molar-refractivity contribution in [2.75, 3.05) is 26.7 Å². The normalized spacial score (nSPS) is 16.7. The molecule has 0 radical (unpaired) electrons. The first-order chi connectivity index (χ1) is 11.1. The summed E-state index contributed by atoms with van der Waals surface area (Å²) in [7, 11) is 2.09. The number of carbonyl (C=O) groups excluding carboxylic acids is 1. The average molecular weight is 356 g/mol. The average Bonchev–Trinajstić information content (AvgIpc) is 2.50. The van der Waals surface area contributed by atoms with Crippen LogP contribution in [-0.2, 0) is 4.74 Å². The second kappa shape index (κ2) is 8.70. The third kappa shape index (κ3) is 5.36. The molecule has 0 aromatic heterocycles. The Bertz CT molecular complexity index is 485. The summed E-state index contributed by atoms with van der Waals surface area (Å²) in [6.07, 6.45) is 3.62. The third-order valence-electron chi connectivity index (χ3n) is 4.16. The van der Waals surface area contributed by atoms with Crippen molar-refractivity contribution in [3.8, 4) is 0 Å². The van der Waals surface area contributed by atoms with Crippen molar-refractivity contribution in [3.63, 3.8) is 0 Å². The first kappa shape index (κ1) is 20.7. The Hall–Kier alpha value is -1.30. The van der Waals surface area contributed by atoms with Crippen LogP contribution < -0.4 is 0 Å². The summed E-state index contributed by atoms with van der Waals surface area (Å²) >= 11 is 4.67. The quantitative estimate of drug-likeness (QED) is 0.579. The number of carbonyl (C=O) groups is 1. The van der Waals surface area contributed by atoms with E-state index in [0.29, 0.717) is 13.1 Å². The second-order valence-corrected chi connectivity index (χ2v) is 7.60. The second-order valence-electron chi connectivity index (χ2n) is 7.06. The van der Waals surface area contributed by atoms with Gasteiger partial charge >= 0.3 is 6.09 Å². The number of hydrogen-bond donors (Lipinski definition) is 1. The van der Waals surface area contributed by atoms with Gasteiger partial charge in [-0.3, -0.25) is 0 Å². The molecule has 0 saturated carbocycles. The predicted octanol–water partition coefficient (Wildman–Crippen LogP) is 3.90. The first-order valence-electron chi connectivity index (χ1n) is 8.64. The van der Waals surface area contributed by atoms with Crippen LogP contribution in [0.1, 0.15) is 47.5 Å². The number of amides is 1. The molecule has 1 unspecified atom stereocenters. The van der Waals surface area contributed by atoms with Gasteiger partial charge in [-0.15, -0.1) is 12.6 Å².